The molecule has 1 atom stereocenters. The first-order valence-corrected chi connectivity index (χ1v) is 11.6. The standard InChI is InChI=1S/C21H25BrN2O5S/c1-14-4-9-19(15(2)12-14)30(27,28)23-11-10-20(25)24-18(13-21(26)29-3)16-5-7-17(22)8-6-16/h4-9,12,18,23H,10-11,13H2,1-3H3,(H,24,25). The first kappa shape index (κ1) is 24.0. The van der Waals surface area contributed by atoms with Gasteiger partial charge in [0.05, 0.1) is 24.5 Å². The van der Waals surface area contributed by atoms with E-state index in [4.69, 9.17) is 4.74 Å². The van der Waals surface area contributed by atoms with Crippen LogP contribution in [0, 0.1) is 13.8 Å². The molecule has 30 heavy (non-hydrogen) atoms. The number of hydrogen-bond acceptors (Lipinski definition) is 5. The minimum absolute atomic E-state index is 0.0296. The predicted molar refractivity (Wildman–Crippen MR) is 117 cm³/mol. The number of esters is 1. The van der Waals surface area contributed by atoms with Crippen molar-refractivity contribution in [3.63, 3.8) is 0 Å². The molecular formula is C21H25BrN2O5S. The molecule has 0 aliphatic rings. The number of carbonyl (C=O) groups is 2. The molecule has 0 spiro atoms. The van der Waals surface area contributed by atoms with Gasteiger partial charge in [-0.3, -0.25) is 9.59 Å². The number of sulfonamides is 1. The van der Waals surface area contributed by atoms with Crippen molar-refractivity contribution in [3.8, 4) is 0 Å². The molecule has 1 unspecified atom stereocenters. The van der Waals surface area contributed by atoms with E-state index >= 15 is 0 Å². The highest BCUT2D eigenvalue weighted by atomic mass is 79.9. The van der Waals surface area contributed by atoms with Gasteiger partial charge in [0.2, 0.25) is 15.9 Å². The van der Waals surface area contributed by atoms with Gasteiger partial charge in [-0.15, -0.1) is 0 Å². The lowest BCUT2D eigenvalue weighted by atomic mass is 10.0. The van der Waals surface area contributed by atoms with Crippen LogP contribution < -0.4 is 10.0 Å². The Labute approximate surface area is 185 Å². The Hall–Kier alpha value is -2.23. The largest absolute Gasteiger partial charge is 0.469 e. The number of benzene rings is 2. The van der Waals surface area contributed by atoms with Gasteiger partial charge in [-0.1, -0.05) is 45.8 Å². The third-order valence-corrected chi connectivity index (χ3v) is 6.62. The van der Waals surface area contributed by atoms with Gasteiger partial charge < -0.3 is 10.1 Å². The summed E-state index contributed by atoms with van der Waals surface area (Å²) in [5, 5.41) is 2.77. The van der Waals surface area contributed by atoms with Gasteiger partial charge in [-0.05, 0) is 43.2 Å². The molecule has 9 heteroatoms. The Morgan fingerprint density at radius 1 is 1.10 bits per heavy atom. The second kappa shape index (κ2) is 10.7. The number of amides is 1. The minimum Gasteiger partial charge on any atom is -0.469 e. The Balaban J connectivity index is 1.99. The summed E-state index contributed by atoms with van der Waals surface area (Å²) in [7, 11) is -2.44. The SMILES string of the molecule is COC(=O)CC(NC(=O)CCNS(=O)(=O)c1ccc(C)cc1C)c1ccc(Br)cc1. The van der Waals surface area contributed by atoms with Crippen molar-refractivity contribution in [2.24, 2.45) is 0 Å². The van der Waals surface area contributed by atoms with E-state index in [9.17, 15) is 18.0 Å². The Bertz CT molecular complexity index is 1010. The third-order valence-electron chi connectivity index (χ3n) is 4.47. The first-order valence-electron chi connectivity index (χ1n) is 9.31. The highest BCUT2D eigenvalue weighted by molar-refractivity contribution is 9.10. The van der Waals surface area contributed by atoms with Crippen LogP contribution in [0.15, 0.2) is 51.8 Å². The fourth-order valence-corrected chi connectivity index (χ4v) is 4.46. The van der Waals surface area contributed by atoms with E-state index in [0.717, 1.165) is 15.6 Å². The van der Waals surface area contributed by atoms with E-state index in [-0.39, 0.29) is 30.2 Å². The van der Waals surface area contributed by atoms with Crippen molar-refractivity contribution in [2.45, 2.75) is 37.6 Å². The highest BCUT2D eigenvalue weighted by Gasteiger charge is 2.20. The van der Waals surface area contributed by atoms with E-state index in [1.807, 2.05) is 19.1 Å². The molecule has 0 heterocycles. The fraction of sp³-hybridized carbons (Fsp3) is 0.333. The monoisotopic (exact) mass is 496 g/mol. The molecule has 2 aromatic carbocycles. The van der Waals surface area contributed by atoms with Gasteiger partial charge in [0.25, 0.3) is 0 Å². The lowest BCUT2D eigenvalue weighted by Gasteiger charge is -2.18. The van der Waals surface area contributed by atoms with E-state index in [1.165, 1.54) is 7.11 Å². The second-order valence-electron chi connectivity index (χ2n) is 6.87. The van der Waals surface area contributed by atoms with Crippen LogP contribution >= 0.6 is 15.9 Å². The molecule has 0 fully saturated rings. The zero-order valence-corrected chi connectivity index (χ0v) is 19.5. The van der Waals surface area contributed by atoms with Crippen molar-refractivity contribution in [3.05, 3.63) is 63.6 Å². The maximum atomic E-state index is 12.5. The van der Waals surface area contributed by atoms with E-state index in [2.05, 4.69) is 26.0 Å². The summed E-state index contributed by atoms with van der Waals surface area (Å²) in [6.07, 6.45) is -0.101. The maximum Gasteiger partial charge on any atom is 0.307 e. The average Bonchev–Trinajstić information content (AvgIpc) is 2.67. The highest BCUT2D eigenvalue weighted by Crippen LogP contribution is 2.20. The van der Waals surface area contributed by atoms with Crippen LogP contribution in [0.3, 0.4) is 0 Å². The lowest BCUT2D eigenvalue weighted by Crippen LogP contribution is -2.34. The molecule has 0 aromatic heterocycles. The van der Waals surface area contributed by atoms with Crippen molar-refractivity contribution < 1.29 is 22.7 Å². The van der Waals surface area contributed by atoms with Gasteiger partial charge in [-0.25, -0.2) is 13.1 Å². The number of ether oxygens (including phenoxy) is 1. The smallest absolute Gasteiger partial charge is 0.307 e. The number of carbonyl (C=O) groups excluding carboxylic acids is 2. The normalized spacial score (nSPS) is 12.3. The Morgan fingerprint density at radius 2 is 1.77 bits per heavy atom. The molecule has 0 bridgehead atoms. The van der Waals surface area contributed by atoms with Crippen LogP contribution in [0.5, 0.6) is 0 Å². The van der Waals surface area contributed by atoms with Crippen LogP contribution in [-0.2, 0) is 24.3 Å². The quantitative estimate of drug-likeness (QED) is 0.519. The zero-order valence-electron chi connectivity index (χ0n) is 17.1. The first-order chi connectivity index (χ1) is 14.1. The molecule has 2 rings (SSSR count). The molecule has 162 valence electrons. The summed E-state index contributed by atoms with van der Waals surface area (Å²) in [6, 6.07) is 11.7. The third kappa shape index (κ3) is 6.93. The van der Waals surface area contributed by atoms with Crippen molar-refractivity contribution in [1.29, 1.82) is 0 Å². The number of hydrogen-bond donors (Lipinski definition) is 2. The molecule has 7 nitrogen and oxygen atoms in total. The molecule has 1 amide bonds. The van der Waals surface area contributed by atoms with Gasteiger partial charge in [0.1, 0.15) is 0 Å². The summed E-state index contributed by atoms with van der Waals surface area (Å²) in [4.78, 5) is 24.3. The Morgan fingerprint density at radius 3 is 2.37 bits per heavy atom. The molecule has 0 radical (unpaired) electrons. The maximum absolute atomic E-state index is 12.5. The summed E-state index contributed by atoms with van der Waals surface area (Å²) in [5.41, 5.74) is 2.35. The van der Waals surface area contributed by atoms with Crippen LogP contribution in [-0.4, -0.2) is 33.9 Å². The molecule has 2 aromatic rings. The molecule has 2 N–H and O–H groups in total. The minimum atomic E-state index is -3.72. The van der Waals surface area contributed by atoms with E-state index < -0.39 is 22.0 Å². The number of nitrogens with one attached hydrogen (secondary N) is 2. The fourth-order valence-electron chi connectivity index (χ4n) is 2.94. The average molecular weight is 497 g/mol. The summed E-state index contributed by atoms with van der Waals surface area (Å²) >= 11 is 3.35. The summed E-state index contributed by atoms with van der Waals surface area (Å²) in [6.45, 7) is 3.55. The van der Waals surface area contributed by atoms with E-state index in [0.29, 0.717) is 5.56 Å². The van der Waals surface area contributed by atoms with Crippen LogP contribution in [0.4, 0.5) is 0 Å². The van der Waals surface area contributed by atoms with Crippen LogP contribution in [0.2, 0.25) is 0 Å². The van der Waals surface area contributed by atoms with Crippen LogP contribution in [0.25, 0.3) is 0 Å². The number of methoxy groups -OCH3 is 1. The van der Waals surface area contributed by atoms with Crippen molar-refractivity contribution >= 4 is 37.8 Å². The van der Waals surface area contributed by atoms with Crippen molar-refractivity contribution in [2.75, 3.05) is 13.7 Å². The summed E-state index contributed by atoms with van der Waals surface area (Å²) in [5.74, 6) is -0.839. The van der Waals surface area contributed by atoms with E-state index in [1.54, 1.807) is 37.3 Å². The second-order valence-corrected chi connectivity index (χ2v) is 9.52. The number of rotatable bonds is 9. The topological polar surface area (TPSA) is 102 Å². The van der Waals surface area contributed by atoms with Gasteiger partial charge in [-0.2, -0.15) is 0 Å². The van der Waals surface area contributed by atoms with Gasteiger partial charge >= 0.3 is 5.97 Å². The van der Waals surface area contributed by atoms with Gasteiger partial charge in [0, 0.05) is 17.4 Å². The number of aryl methyl sites for hydroxylation is 2. The molecule has 0 saturated carbocycles. The molecular weight excluding hydrogens is 472 g/mol. The lowest BCUT2D eigenvalue weighted by molar-refractivity contribution is -0.141. The summed E-state index contributed by atoms with van der Waals surface area (Å²) < 4.78 is 33.0. The zero-order chi connectivity index (χ0) is 22.3. The molecule has 0 aliphatic carbocycles. The number of halogens is 1. The van der Waals surface area contributed by atoms with Gasteiger partial charge in [0.15, 0.2) is 0 Å². The Kier molecular flexibility index (Phi) is 8.57. The van der Waals surface area contributed by atoms with Crippen LogP contribution in [0.1, 0.15) is 35.6 Å². The molecule has 0 saturated heterocycles. The van der Waals surface area contributed by atoms with Crippen molar-refractivity contribution in [1.82, 2.24) is 10.0 Å². The molecule has 0 aliphatic heterocycles. The predicted octanol–water partition coefficient (Wildman–Crippen LogP) is 3.15.